The number of halogens is 1. The second-order valence-corrected chi connectivity index (χ2v) is 8.13. The Morgan fingerprint density at radius 2 is 2.00 bits per heavy atom. The molecule has 20 heavy (non-hydrogen) atoms. The highest BCUT2D eigenvalue weighted by atomic mass is 79.9. The van der Waals surface area contributed by atoms with Crippen LogP contribution in [0.3, 0.4) is 0 Å². The van der Waals surface area contributed by atoms with E-state index in [1.54, 1.807) is 10.7 Å². The smallest absolute Gasteiger partial charge is 0.232 e. The summed E-state index contributed by atoms with van der Waals surface area (Å²) in [6.45, 7) is 0. The maximum Gasteiger partial charge on any atom is 0.265 e. The molecule has 0 unspecified atom stereocenters. The van der Waals surface area contributed by atoms with Crippen molar-refractivity contribution in [3.05, 3.63) is 22.4 Å². The number of rotatable bonds is 2. The van der Waals surface area contributed by atoms with Crippen molar-refractivity contribution in [2.45, 2.75) is 43.2 Å². The van der Waals surface area contributed by atoms with Crippen molar-refractivity contribution < 1.29 is 8.42 Å². The summed E-state index contributed by atoms with van der Waals surface area (Å²) in [4.78, 5) is 3.95. The standard InChI is InChI=1S/C13H16BrN3O2S/c1-20(18,19)13-15-8-12-10(14)7-11(17(12)16-13)9-5-3-2-4-6-9/h7-9H,2-6H2,1H3. The molecule has 1 fully saturated rings. The molecule has 7 heteroatoms. The molecule has 108 valence electrons. The van der Waals surface area contributed by atoms with Crippen LogP contribution >= 0.6 is 15.9 Å². The van der Waals surface area contributed by atoms with Gasteiger partial charge in [0.1, 0.15) is 0 Å². The summed E-state index contributed by atoms with van der Waals surface area (Å²) in [5.41, 5.74) is 1.90. The fraction of sp³-hybridized carbons (Fsp3) is 0.538. The van der Waals surface area contributed by atoms with E-state index < -0.39 is 9.84 Å². The first-order valence-corrected chi connectivity index (χ1v) is 9.39. The summed E-state index contributed by atoms with van der Waals surface area (Å²) in [6.07, 6.45) is 8.70. The molecule has 2 aromatic rings. The monoisotopic (exact) mass is 357 g/mol. The molecule has 2 heterocycles. The Balaban J connectivity index is 2.16. The molecule has 3 rings (SSSR count). The average molecular weight is 358 g/mol. The first kappa shape index (κ1) is 14.0. The van der Waals surface area contributed by atoms with Crippen LogP contribution in [0.5, 0.6) is 0 Å². The van der Waals surface area contributed by atoms with E-state index in [2.05, 4.69) is 26.0 Å². The second-order valence-electron chi connectivity index (χ2n) is 5.36. The second kappa shape index (κ2) is 5.11. The lowest BCUT2D eigenvalue weighted by Crippen LogP contribution is -2.12. The van der Waals surface area contributed by atoms with E-state index in [4.69, 9.17) is 0 Å². The number of hydrogen-bond acceptors (Lipinski definition) is 4. The van der Waals surface area contributed by atoms with Gasteiger partial charge in [0.05, 0.1) is 11.7 Å². The van der Waals surface area contributed by atoms with Gasteiger partial charge in [-0.1, -0.05) is 19.3 Å². The topological polar surface area (TPSA) is 64.3 Å². The van der Waals surface area contributed by atoms with Crippen molar-refractivity contribution in [1.82, 2.24) is 14.6 Å². The van der Waals surface area contributed by atoms with Crippen molar-refractivity contribution in [2.24, 2.45) is 0 Å². The highest BCUT2D eigenvalue weighted by molar-refractivity contribution is 9.10. The Labute approximate surface area is 126 Å². The molecule has 1 aliphatic carbocycles. The average Bonchev–Trinajstić information content (AvgIpc) is 2.76. The van der Waals surface area contributed by atoms with Crippen molar-refractivity contribution in [3.8, 4) is 0 Å². The van der Waals surface area contributed by atoms with Crippen LogP contribution in [0.4, 0.5) is 0 Å². The van der Waals surface area contributed by atoms with Crippen molar-refractivity contribution in [2.75, 3.05) is 6.26 Å². The molecule has 0 bridgehead atoms. The molecule has 0 aliphatic heterocycles. The van der Waals surface area contributed by atoms with Gasteiger partial charge in [0.25, 0.3) is 5.16 Å². The third kappa shape index (κ3) is 2.48. The Morgan fingerprint density at radius 3 is 2.65 bits per heavy atom. The van der Waals surface area contributed by atoms with Crippen LogP contribution < -0.4 is 0 Å². The van der Waals surface area contributed by atoms with E-state index in [1.165, 1.54) is 19.3 Å². The molecule has 0 amide bonds. The Hall–Kier alpha value is -0.950. The fourth-order valence-electron chi connectivity index (χ4n) is 2.82. The largest absolute Gasteiger partial charge is 0.265 e. The number of sulfone groups is 1. The van der Waals surface area contributed by atoms with Crippen molar-refractivity contribution in [1.29, 1.82) is 0 Å². The molecular formula is C13H16BrN3O2S. The maximum absolute atomic E-state index is 11.6. The molecule has 0 radical (unpaired) electrons. The molecule has 0 atom stereocenters. The molecule has 0 N–H and O–H groups in total. The molecule has 1 saturated carbocycles. The van der Waals surface area contributed by atoms with E-state index in [1.807, 2.05) is 6.07 Å². The number of hydrogen-bond donors (Lipinski definition) is 0. The van der Waals surface area contributed by atoms with E-state index in [-0.39, 0.29) is 5.16 Å². The van der Waals surface area contributed by atoms with Crippen LogP contribution in [0, 0.1) is 0 Å². The van der Waals surface area contributed by atoms with E-state index in [0.29, 0.717) is 5.92 Å². The van der Waals surface area contributed by atoms with Gasteiger partial charge in [0.2, 0.25) is 9.84 Å². The summed E-state index contributed by atoms with van der Waals surface area (Å²) in [6, 6.07) is 2.05. The lowest BCUT2D eigenvalue weighted by molar-refractivity contribution is 0.430. The predicted octanol–water partition coefficient (Wildman–Crippen LogP) is 2.94. The number of aromatic nitrogens is 3. The van der Waals surface area contributed by atoms with Gasteiger partial charge >= 0.3 is 0 Å². The van der Waals surface area contributed by atoms with Gasteiger partial charge in [-0.15, -0.1) is 5.10 Å². The molecule has 5 nitrogen and oxygen atoms in total. The quantitative estimate of drug-likeness (QED) is 0.828. The lowest BCUT2D eigenvalue weighted by Gasteiger charge is -2.21. The molecule has 0 aromatic carbocycles. The van der Waals surface area contributed by atoms with Crippen LogP contribution in [0.25, 0.3) is 5.52 Å². The Kier molecular flexibility index (Phi) is 3.58. The van der Waals surface area contributed by atoms with Crippen LogP contribution in [-0.4, -0.2) is 29.3 Å². The van der Waals surface area contributed by atoms with E-state index in [9.17, 15) is 8.42 Å². The summed E-state index contributed by atoms with van der Waals surface area (Å²) in [7, 11) is -3.39. The minimum absolute atomic E-state index is 0.120. The predicted molar refractivity (Wildman–Crippen MR) is 79.6 cm³/mol. The normalized spacial score (nSPS) is 17.7. The molecular weight excluding hydrogens is 342 g/mol. The zero-order chi connectivity index (χ0) is 14.3. The summed E-state index contributed by atoms with van der Waals surface area (Å²) >= 11 is 3.51. The fourth-order valence-corrected chi connectivity index (χ4v) is 3.80. The van der Waals surface area contributed by atoms with Gasteiger partial charge in [-0.2, -0.15) is 0 Å². The first-order valence-electron chi connectivity index (χ1n) is 6.71. The minimum atomic E-state index is -3.39. The summed E-state index contributed by atoms with van der Waals surface area (Å²) in [5, 5.41) is 4.11. The Morgan fingerprint density at radius 1 is 1.30 bits per heavy atom. The molecule has 2 aromatic heterocycles. The first-order chi connectivity index (χ1) is 9.47. The lowest BCUT2D eigenvalue weighted by atomic mass is 9.87. The van der Waals surface area contributed by atoms with Crippen LogP contribution in [0.15, 0.2) is 21.9 Å². The minimum Gasteiger partial charge on any atom is -0.232 e. The van der Waals surface area contributed by atoms with Gasteiger partial charge < -0.3 is 0 Å². The van der Waals surface area contributed by atoms with E-state index in [0.717, 1.165) is 34.8 Å². The third-order valence-corrected chi connectivity index (χ3v) is 5.32. The van der Waals surface area contributed by atoms with Gasteiger partial charge in [-0.3, -0.25) is 0 Å². The van der Waals surface area contributed by atoms with Gasteiger partial charge in [-0.05, 0) is 34.8 Å². The van der Waals surface area contributed by atoms with Crippen molar-refractivity contribution >= 4 is 31.3 Å². The van der Waals surface area contributed by atoms with Gasteiger partial charge in [0.15, 0.2) is 0 Å². The summed E-state index contributed by atoms with van der Waals surface area (Å²) < 4.78 is 25.9. The Bertz CT molecular complexity index is 748. The number of fused-ring (bicyclic) bond motifs is 1. The van der Waals surface area contributed by atoms with Crippen LogP contribution in [-0.2, 0) is 9.84 Å². The van der Waals surface area contributed by atoms with Crippen LogP contribution in [0.1, 0.15) is 43.7 Å². The summed E-state index contributed by atoms with van der Waals surface area (Å²) in [5.74, 6) is 0.449. The zero-order valence-corrected chi connectivity index (χ0v) is 13.6. The molecule has 0 saturated heterocycles. The molecule has 1 aliphatic rings. The van der Waals surface area contributed by atoms with E-state index >= 15 is 0 Å². The van der Waals surface area contributed by atoms with Gasteiger partial charge in [0, 0.05) is 22.3 Å². The highest BCUT2D eigenvalue weighted by Gasteiger charge is 2.22. The zero-order valence-electron chi connectivity index (χ0n) is 11.2. The highest BCUT2D eigenvalue weighted by Crippen LogP contribution is 2.35. The van der Waals surface area contributed by atoms with Gasteiger partial charge in [-0.25, -0.2) is 17.9 Å². The SMILES string of the molecule is CS(=O)(=O)c1ncc2c(Br)cc(C3CCCCC3)n2n1. The maximum atomic E-state index is 11.6. The third-order valence-electron chi connectivity index (χ3n) is 3.83. The van der Waals surface area contributed by atoms with Crippen molar-refractivity contribution in [3.63, 3.8) is 0 Å². The van der Waals surface area contributed by atoms with Crippen LogP contribution in [0.2, 0.25) is 0 Å². The number of nitrogens with zero attached hydrogens (tertiary/aromatic N) is 3. The molecule has 0 spiro atoms.